The number of H-pyrrole nitrogens is 1. The van der Waals surface area contributed by atoms with Gasteiger partial charge in [-0.05, 0) is 41.5 Å². The van der Waals surface area contributed by atoms with Crippen LogP contribution in [-0.4, -0.2) is 21.7 Å². The molecule has 0 atom stereocenters. The second-order valence-corrected chi connectivity index (χ2v) is 7.26. The van der Waals surface area contributed by atoms with Crippen LogP contribution in [0.5, 0.6) is 0 Å². The Morgan fingerprint density at radius 1 is 1.03 bits per heavy atom. The molecule has 144 valence electrons. The maximum atomic E-state index is 13.2. The molecule has 4 rings (SSSR count). The van der Waals surface area contributed by atoms with Crippen LogP contribution in [0.2, 0.25) is 10.0 Å². The Morgan fingerprint density at radius 3 is 2.62 bits per heavy atom. The molecule has 1 amide bonds. The molecule has 0 bridgehead atoms. The van der Waals surface area contributed by atoms with Gasteiger partial charge in [0.05, 0.1) is 15.6 Å². The third-order valence-electron chi connectivity index (χ3n) is 4.51. The summed E-state index contributed by atoms with van der Waals surface area (Å²) in [5.41, 5.74) is 3.66. The highest BCUT2D eigenvalue weighted by Gasteiger charge is 2.21. The number of amides is 1. The van der Waals surface area contributed by atoms with Crippen LogP contribution in [0, 0.1) is 0 Å². The molecule has 7 heteroatoms. The topological polar surface area (TPSA) is 74.8 Å². The number of halogens is 2. The van der Waals surface area contributed by atoms with E-state index >= 15 is 0 Å². The summed E-state index contributed by atoms with van der Waals surface area (Å²) in [6.07, 6.45) is 3.29. The van der Waals surface area contributed by atoms with Crippen LogP contribution in [0.4, 0.5) is 5.69 Å². The SMILES string of the molecule is CC(=O)Nc1cccc(-c2ccnc3[nH]cc(C(=O)c4cccc(Cl)c4Cl)c23)c1. The third kappa shape index (κ3) is 3.62. The van der Waals surface area contributed by atoms with Crippen LogP contribution in [0.3, 0.4) is 0 Å². The highest BCUT2D eigenvalue weighted by molar-refractivity contribution is 6.44. The molecule has 5 nitrogen and oxygen atoms in total. The molecule has 2 aromatic carbocycles. The summed E-state index contributed by atoms with van der Waals surface area (Å²) in [5.74, 6) is -0.411. The Bertz CT molecular complexity index is 1260. The van der Waals surface area contributed by atoms with Crippen molar-refractivity contribution in [1.29, 1.82) is 0 Å². The lowest BCUT2D eigenvalue weighted by Crippen LogP contribution is -2.05. The van der Waals surface area contributed by atoms with Gasteiger partial charge in [-0.2, -0.15) is 0 Å². The van der Waals surface area contributed by atoms with Crippen molar-refractivity contribution in [2.75, 3.05) is 5.32 Å². The first-order valence-corrected chi connectivity index (χ1v) is 9.54. The number of carbonyl (C=O) groups excluding carboxylic acids is 2. The summed E-state index contributed by atoms with van der Waals surface area (Å²) >= 11 is 12.3. The van der Waals surface area contributed by atoms with Crippen molar-refractivity contribution < 1.29 is 9.59 Å². The summed E-state index contributed by atoms with van der Waals surface area (Å²) in [4.78, 5) is 32.0. The minimum atomic E-state index is -0.254. The van der Waals surface area contributed by atoms with Crippen molar-refractivity contribution in [2.24, 2.45) is 0 Å². The van der Waals surface area contributed by atoms with Gasteiger partial charge >= 0.3 is 0 Å². The number of hydrogen-bond acceptors (Lipinski definition) is 3. The van der Waals surface area contributed by atoms with Gasteiger partial charge in [0.15, 0.2) is 5.78 Å². The van der Waals surface area contributed by atoms with Crippen LogP contribution in [0.15, 0.2) is 60.9 Å². The van der Waals surface area contributed by atoms with Crippen molar-refractivity contribution >= 4 is 51.6 Å². The van der Waals surface area contributed by atoms with Gasteiger partial charge in [0, 0.05) is 36.0 Å². The fourth-order valence-corrected chi connectivity index (χ4v) is 3.65. The van der Waals surface area contributed by atoms with E-state index in [1.165, 1.54) is 6.92 Å². The molecular weight excluding hydrogens is 409 g/mol. The van der Waals surface area contributed by atoms with Gasteiger partial charge in [0.25, 0.3) is 0 Å². The van der Waals surface area contributed by atoms with E-state index in [2.05, 4.69) is 15.3 Å². The lowest BCUT2D eigenvalue weighted by Gasteiger charge is -2.09. The molecule has 0 saturated heterocycles. The number of nitrogens with zero attached hydrogens (tertiary/aromatic N) is 1. The second kappa shape index (κ2) is 7.70. The number of fused-ring (bicyclic) bond motifs is 1. The first kappa shape index (κ1) is 19.2. The fraction of sp³-hybridized carbons (Fsp3) is 0.0455. The summed E-state index contributed by atoms with van der Waals surface area (Å²) in [6, 6.07) is 14.2. The maximum absolute atomic E-state index is 13.2. The zero-order valence-electron chi connectivity index (χ0n) is 15.3. The zero-order chi connectivity index (χ0) is 20.5. The highest BCUT2D eigenvalue weighted by atomic mass is 35.5. The zero-order valence-corrected chi connectivity index (χ0v) is 16.8. The number of carbonyl (C=O) groups is 2. The first-order chi connectivity index (χ1) is 14.0. The van der Waals surface area contributed by atoms with Gasteiger partial charge < -0.3 is 10.3 Å². The number of benzene rings is 2. The largest absolute Gasteiger partial charge is 0.345 e. The standard InChI is InChI=1S/C22H15Cl2N3O2/c1-12(28)27-14-5-2-4-13(10-14)15-8-9-25-22-19(15)17(11-26-22)21(29)16-6-3-7-18(23)20(16)24/h2-11H,1H3,(H,25,26)(H,27,28). The molecule has 0 unspecified atom stereocenters. The summed E-state index contributed by atoms with van der Waals surface area (Å²) in [7, 11) is 0. The number of rotatable bonds is 4. The minimum Gasteiger partial charge on any atom is -0.345 e. The third-order valence-corrected chi connectivity index (χ3v) is 5.33. The van der Waals surface area contributed by atoms with E-state index in [9.17, 15) is 9.59 Å². The number of aromatic amines is 1. The lowest BCUT2D eigenvalue weighted by molar-refractivity contribution is -0.114. The number of pyridine rings is 1. The van der Waals surface area contributed by atoms with Crippen LogP contribution in [0.1, 0.15) is 22.8 Å². The normalized spacial score (nSPS) is 10.9. The predicted molar refractivity (Wildman–Crippen MR) is 116 cm³/mol. The van der Waals surface area contributed by atoms with Gasteiger partial charge in [-0.15, -0.1) is 0 Å². The first-order valence-electron chi connectivity index (χ1n) is 8.78. The monoisotopic (exact) mass is 423 g/mol. The Labute approximate surface area is 176 Å². The van der Waals surface area contributed by atoms with Gasteiger partial charge in [-0.25, -0.2) is 4.98 Å². The van der Waals surface area contributed by atoms with E-state index in [-0.39, 0.29) is 16.7 Å². The Kier molecular flexibility index (Phi) is 5.09. The number of hydrogen-bond donors (Lipinski definition) is 2. The van der Waals surface area contributed by atoms with Gasteiger partial charge in [-0.3, -0.25) is 9.59 Å². The predicted octanol–water partition coefficient (Wildman–Crippen LogP) is 5.73. The van der Waals surface area contributed by atoms with Crippen LogP contribution < -0.4 is 5.32 Å². The molecule has 4 aromatic rings. The molecule has 29 heavy (non-hydrogen) atoms. The molecule has 0 spiro atoms. The van der Waals surface area contributed by atoms with Crippen molar-refractivity contribution in [3.8, 4) is 11.1 Å². The molecule has 0 fully saturated rings. The number of anilines is 1. The minimum absolute atomic E-state index is 0.157. The molecule has 0 aliphatic carbocycles. The van der Waals surface area contributed by atoms with Gasteiger partial charge in [-0.1, -0.05) is 41.4 Å². The fourth-order valence-electron chi connectivity index (χ4n) is 3.27. The van der Waals surface area contributed by atoms with Crippen LogP contribution in [-0.2, 0) is 4.79 Å². The lowest BCUT2D eigenvalue weighted by atomic mass is 9.97. The van der Waals surface area contributed by atoms with E-state index in [0.29, 0.717) is 32.9 Å². The highest BCUT2D eigenvalue weighted by Crippen LogP contribution is 2.34. The summed E-state index contributed by atoms with van der Waals surface area (Å²) in [6.45, 7) is 1.45. The molecule has 2 aromatic heterocycles. The molecular formula is C22H15Cl2N3O2. The Hall–Kier alpha value is -3.15. The number of nitrogens with one attached hydrogen (secondary N) is 2. The molecule has 0 aliphatic heterocycles. The molecule has 0 saturated carbocycles. The van der Waals surface area contributed by atoms with Crippen molar-refractivity contribution in [3.05, 3.63) is 82.1 Å². The van der Waals surface area contributed by atoms with Crippen molar-refractivity contribution in [3.63, 3.8) is 0 Å². The average Bonchev–Trinajstić information content (AvgIpc) is 3.13. The van der Waals surface area contributed by atoms with E-state index < -0.39 is 0 Å². The summed E-state index contributed by atoms with van der Waals surface area (Å²) in [5, 5.41) is 3.98. The Morgan fingerprint density at radius 2 is 1.83 bits per heavy atom. The molecule has 2 N–H and O–H groups in total. The van der Waals surface area contributed by atoms with E-state index in [0.717, 1.165) is 11.1 Å². The van der Waals surface area contributed by atoms with Crippen LogP contribution in [0.25, 0.3) is 22.2 Å². The van der Waals surface area contributed by atoms with Crippen molar-refractivity contribution in [2.45, 2.75) is 6.92 Å². The van der Waals surface area contributed by atoms with E-state index in [1.54, 1.807) is 36.7 Å². The van der Waals surface area contributed by atoms with Crippen LogP contribution >= 0.6 is 23.2 Å². The number of ketones is 1. The van der Waals surface area contributed by atoms with Crippen molar-refractivity contribution in [1.82, 2.24) is 9.97 Å². The molecule has 0 aliphatic rings. The smallest absolute Gasteiger partial charge is 0.221 e. The van der Waals surface area contributed by atoms with E-state index in [4.69, 9.17) is 23.2 Å². The maximum Gasteiger partial charge on any atom is 0.221 e. The van der Waals surface area contributed by atoms with E-state index in [1.807, 2.05) is 24.3 Å². The second-order valence-electron chi connectivity index (χ2n) is 6.48. The molecule has 0 radical (unpaired) electrons. The average molecular weight is 424 g/mol. The van der Waals surface area contributed by atoms with Gasteiger partial charge in [0.1, 0.15) is 5.65 Å². The molecule has 2 heterocycles. The van der Waals surface area contributed by atoms with Gasteiger partial charge in [0.2, 0.25) is 5.91 Å². The number of aromatic nitrogens is 2. The summed E-state index contributed by atoms with van der Waals surface area (Å²) < 4.78 is 0. The Balaban J connectivity index is 1.88. The quantitative estimate of drug-likeness (QED) is 0.411.